The van der Waals surface area contributed by atoms with Crippen LogP contribution in [0.2, 0.25) is 0 Å². The summed E-state index contributed by atoms with van der Waals surface area (Å²) < 4.78 is 40.7. The molecule has 0 atom stereocenters. The van der Waals surface area contributed by atoms with Gasteiger partial charge in [-0.2, -0.15) is 0 Å². The van der Waals surface area contributed by atoms with Gasteiger partial charge in [0.2, 0.25) is 0 Å². The summed E-state index contributed by atoms with van der Waals surface area (Å²) in [6, 6.07) is 21.7. The summed E-state index contributed by atoms with van der Waals surface area (Å²) in [5.41, 5.74) is 4.83. The van der Waals surface area contributed by atoms with Gasteiger partial charge in [0.15, 0.2) is 0 Å². The molecule has 3 aromatic rings. The molecule has 3 rings (SSSR count). The van der Waals surface area contributed by atoms with Crippen LogP contribution in [0.4, 0.5) is 18.9 Å². The van der Waals surface area contributed by atoms with Gasteiger partial charge in [0, 0.05) is 6.21 Å². The zero-order valence-electron chi connectivity index (χ0n) is 17.1. The third-order valence-electron chi connectivity index (χ3n) is 4.75. The van der Waals surface area contributed by atoms with Gasteiger partial charge >= 0.3 is 6.36 Å². The molecule has 0 fully saturated rings. The Labute approximate surface area is 180 Å². The molecule has 0 aliphatic carbocycles. The van der Waals surface area contributed by atoms with Crippen molar-refractivity contribution in [2.24, 2.45) is 4.99 Å². The summed E-state index contributed by atoms with van der Waals surface area (Å²) in [5.74, 6) is -0.236. The fourth-order valence-corrected chi connectivity index (χ4v) is 3.13. The molecule has 0 aliphatic rings. The Morgan fingerprint density at radius 1 is 0.806 bits per heavy atom. The molecule has 0 spiro atoms. The number of aliphatic imine (C=N–C) groups is 1. The number of hydrogen-bond acceptors (Lipinski definition) is 2. The summed E-state index contributed by atoms with van der Waals surface area (Å²) in [6.45, 7) is 3.74. The second-order valence-electron chi connectivity index (χ2n) is 7.15. The molecule has 0 N–H and O–H groups in total. The number of nitrogens with zero attached hydrogens (tertiary/aromatic N) is 1. The maximum absolute atomic E-state index is 12.3. The van der Waals surface area contributed by atoms with Gasteiger partial charge in [-0.25, -0.2) is 0 Å². The molecule has 0 aliphatic heterocycles. The molecule has 3 aromatic carbocycles. The standard InChI is InChI=1S/C26H24F3NO/c1-2-3-4-5-6-20-7-9-21(10-8-20)19-30-24-15-11-22(12-16-24)23-13-17-25(18-14-23)31-26(27,28)29/h2,7-19H,1,3-6H2. The van der Waals surface area contributed by atoms with Gasteiger partial charge < -0.3 is 4.74 Å². The number of unbranched alkanes of at least 4 members (excludes halogenated alkanes) is 2. The van der Waals surface area contributed by atoms with E-state index in [1.165, 1.54) is 17.7 Å². The van der Waals surface area contributed by atoms with Crippen LogP contribution in [0.15, 0.2) is 90.4 Å². The second kappa shape index (κ2) is 10.6. The molecule has 0 saturated carbocycles. The molecule has 160 valence electrons. The van der Waals surface area contributed by atoms with Crippen LogP contribution >= 0.6 is 0 Å². The van der Waals surface area contributed by atoms with Crippen molar-refractivity contribution in [2.45, 2.75) is 32.0 Å². The number of hydrogen-bond donors (Lipinski definition) is 0. The van der Waals surface area contributed by atoms with E-state index in [0.29, 0.717) is 0 Å². The summed E-state index contributed by atoms with van der Waals surface area (Å²) in [5, 5.41) is 0. The van der Waals surface area contributed by atoms with Gasteiger partial charge in [-0.05, 0) is 72.2 Å². The zero-order chi connectivity index (χ0) is 22.1. The predicted octanol–water partition coefficient (Wildman–Crippen LogP) is 7.90. The molecular formula is C26H24F3NO. The minimum Gasteiger partial charge on any atom is -0.406 e. The van der Waals surface area contributed by atoms with Gasteiger partial charge in [0.25, 0.3) is 0 Å². The summed E-state index contributed by atoms with van der Waals surface area (Å²) in [6.07, 6.45) is 3.53. The van der Waals surface area contributed by atoms with Crippen LogP contribution in [0.5, 0.6) is 5.75 Å². The quantitative estimate of drug-likeness (QED) is 0.195. The van der Waals surface area contributed by atoms with E-state index in [0.717, 1.165) is 48.1 Å². The highest BCUT2D eigenvalue weighted by Gasteiger charge is 2.30. The van der Waals surface area contributed by atoms with E-state index < -0.39 is 6.36 Å². The first-order valence-corrected chi connectivity index (χ1v) is 10.1. The fraction of sp³-hybridized carbons (Fsp3) is 0.192. The first-order valence-electron chi connectivity index (χ1n) is 10.1. The van der Waals surface area contributed by atoms with E-state index in [1.807, 2.05) is 36.6 Å². The van der Waals surface area contributed by atoms with E-state index in [2.05, 4.69) is 40.6 Å². The van der Waals surface area contributed by atoms with E-state index in [4.69, 9.17) is 0 Å². The molecule has 0 amide bonds. The van der Waals surface area contributed by atoms with Crippen LogP contribution < -0.4 is 4.74 Å². The number of alkyl halides is 3. The molecule has 0 bridgehead atoms. The van der Waals surface area contributed by atoms with Crippen molar-refractivity contribution < 1.29 is 17.9 Å². The topological polar surface area (TPSA) is 21.6 Å². The average molecular weight is 423 g/mol. The Balaban J connectivity index is 1.57. The van der Waals surface area contributed by atoms with Crippen LogP contribution in [0.3, 0.4) is 0 Å². The van der Waals surface area contributed by atoms with Crippen LogP contribution in [-0.4, -0.2) is 12.6 Å². The molecule has 5 heteroatoms. The van der Waals surface area contributed by atoms with Crippen LogP contribution in [0, 0.1) is 0 Å². The van der Waals surface area contributed by atoms with Crippen molar-refractivity contribution in [1.29, 1.82) is 0 Å². The van der Waals surface area contributed by atoms with Crippen LogP contribution in [0.1, 0.15) is 30.4 Å². The van der Waals surface area contributed by atoms with Crippen LogP contribution in [-0.2, 0) is 6.42 Å². The lowest BCUT2D eigenvalue weighted by Crippen LogP contribution is -2.16. The van der Waals surface area contributed by atoms with Gasteiger partial charge in [-0.3, -0.25) is 4.99 Å². The maximum atomic E-state index is 12.3. The highest BCUT2D eigenvalue weighted by molar-refractivity contribution is 5.82. The van der Waals surface area contributed by atoms with Crippen molar-refractivity contribution in [3.05, 3.63) is 96.6 Å². The van der Waals surface area contributed by atoms with Gasteiger partial charge in [-0.1, -0.05) is 54.6 Å². The Morgan fingerprint density at radius 3 is 2.00 bits per heavy atom. The number of aryl methyl sites for hydroxylation is 1. The number of ether oxygens (including phenoxy) is 1. The minimum atomic E-state index is -4.69. The largest absolute Gasteiger partial charge is 0.573 e. The highest BCUT2D eigenvalue weighted by Crippen LogP contribution is 2.27. The van der Waals surface area contributed by atoms with E-state index in [-0.39, 0.29) is 5.75 Å². The molecular weight excluding hydrogens is 399 g/mol. The number of halogens is 3. The summed E-state index contributed by atoms with van der Waals surface area (Å²) >= 11 is 0. The minimum absolute atomic E-state index is 0.236. The van der Waals surface area contributed by atoms with E-state index >= 15 is 0 Å². The third kappa shape index (κ3) is 7.45. The molecule has 0 heterocycles. The molecule has 31 heavy (non-hydrogen) atoms. The monoisotopic (exact) mass is 423 g/mol. The van der Waals surface area contributed by atoms with Crippen LogP contribution in [0.25, 0.3) is 11.1 Å². The second-order valence-corrected chi connectivity index (χ2v) is 7.15. The zero-order valence-corrected chi connectivity index (χ0v) is 17.1. The van der Waals surface area contributed by atoms with Crippen molar-refractivity contribution in [2.75, 3.05) is 0 Å². The molecule has 0 radical (unpaired) electrons. The van der Waals surface area contributed by atoms with Gasteiger partial charge in [0.1, 0.15) is 5.75 Å². The Morgan fingerprint density at radius 2 is 1.42 bits per heavy atom. The molecule has 0 saturated heterocycles. The van der Waals surface area contributed by atoms with Crippen molar-refractivity contribution >= 4 is 11.9 Å². The van der Waals surface area contributed by atoms with Crippen molar-refractivity contribution in [3.63, 3.8) is 0 Å². The molecule has 0 unspecified atom stereocenters. The Kier molecular flexibility index (Phi) is 7.65. The van der Waals surface area contributed by atoms with E-state index in [1.54, 1.807) is 12.1 Å². The molecule has 0 aromatic heterocycles. The highest BCUT2D eigenvalue weighted by atomic mass is 19.4. The lowest BCUT2D eigenvalue weighted by Gasteiger charge is -2.09. The predicted molar refractivity (Wildman–Crippen MR) is 120 cm³/mol. The van der Waals surface area contributed by atoms with Gasteiger partial charge in [0.05, 0.1) is 5.69 Å². The van der Waals surface area contributed by atoms with Crippen molar-refractivity contribution in [3.8, 4) is 16.9 Å². The Bertz CT molecular complexity index is 989. The van der Waals surface area contributed by atoms with Crippen molar-refractivity contribution in [1.82, 2.24) is 0 Å². The summed E-state index contributed by atoms with van der Waals surface area (Å²) in [7, 11) is 0. The maximum Gasteiger partial charge on any atom is 0.573 e. The molecule has 2 nitrogen and oxygen atoms in total. The Hall–Kier alpha value is -3.34. The first kappa shape index (κ1) is 22.3. The third-order valence-corrected chi connectivity index (χ3v) is 4.75. The van der Waals surface area contributed by atoms with E-state index in [9.17, 15) is 13.2 Å². The number of benzene rings is 3. The lowest BCUT2D eigenvalue weighted by molar-refractivity contribution is -0.274. The van der Waals surface area contributed by atoms with Gasteiger partial charge in [-0.15, -0.1) is 19.8 Å². The number of rotatable bonds is 9. The normalized spacial score (nSPS) is 11.6. The SMILES string of the molecule is C=CCCCCc1ccc(C=Nc2ccc(-c3ccc(OC(F)(F)F)cc3)cc2)cc1. The first-order chi connectivity index (χ1) is 14.9. The fourth-order valence-electron chi connectivity index (χ4n) is 3.13. The summed E-state index contributed by atoms with van der Waals surface area (Å²) in [4.78, 5) is 4.50. The average Bonchev–Trinajstić information content (AvgIpc) is 2.76. The number of allylic oxidation sites excluding steroid dienone is 1. The lowest BCUT2D eigenvalue weighted by atomic mass is 10.1. The smallest absolute Gasteiger partial charge is 0.406 e.